The van der Waals surface area contributed by atoms with E-state index in [0.29, 0.717) is 41.6 Å². The Morgan fingerprint density at radius 2 is 2.11 bits per heavy atom. The Labute approximate surface area is 169 Å². The minimum atomic E-state index is -0.387. The summed E-state index contributed by atoms with van der Waals surface area (Å²) in [5.41, 5.74) is 0.905. The number of carbonyl (C=O) groups excluding carboxylic acids is 1. The molecule has 0 saturated carbocycles. The number of amides is 1. The molecule has 3 rings (SSSR count). The van der Waals surface area contributed by atoms with Gasteiger partial charge in [-0.15, -0.1) is 0 Å². The van der Waals surface area contributed by atoms with E-state index in [4.69, 9.17) is 21.1 Å². The Bertz CT molecular complexity index is 796. The molecule has 2 aromatic carbocycles. The largest absolute Gasteiger partial charge is 0.497 e. The number of ether oxygens (including phenoxy) is 2. The first-order valence-electron chi connectivity index (χ1n) is 9.21. The van der Waals surface area contributed by atoms with Crippen LogP contribution in [0.3, 0.4) is 0 Å². The van der Waals surface area contributed by atoms with Crippen molar-refractivity contribution in [2.24, 2.45) is 0 Å². The minimum Gasteiger partial charge on any atom is -0.497 e. The number of halogens is 2. The highest BCUT2D eigenvalue weighted by atomic mass is 35.5. The molecule has 1 aliphatic rings. The monoisotopic (exact) mass is 406 g/mol. The number of nitrogens with one attached hydrogen (secondary N) is 1. The maximum atomic E-state index is 14.6. The van der Waals surface area contributed by atoms with E-state index in [1.54, 1.807) is 43.5 Å². The Morgan fingerprint density at radius 3 is 2.75 bits per heavy atom. The van der Waals surface area contributed by atoms with Gasteiger partial charge in [0.1, 0.15) is 11.6 Å². The lowest BCUT2D eigenvalue weighted by molar-refractivity contribution is -0.0346. The molecule has 150 valence electrons. The number of hydrogen-bond acceptors (Lipinski definition) is 4. The van der Waals surface area contributed by atoms with Crippen LogP contribution in [0.5, 0.6) is 5.75 Å². The number of morpholine rings is 1. The van der Waals surface area contributed by atoms with Crippen molar-refractivity contribution < 1.29 is 18.7 Å². The van der Waals surface area contributed by atoms with E-state index in [-0.39, 0.29) is 30.4 Å². The van der Waals surface area contributed by atoms with Crippen molar-refractivity contribution in [1.82, 2.24) is 10.2 Å². The van der Waals surface area contributed by atoms with Gasteiger partial charge in [-0.3, -0.25) is 9.69 Å². The van der Waals surface area contributed by atoms with Crippen molar-refractivity contribution in [3.8, 4) is 5.75 Å². The van der Waals surface area contributed by atoms with Gasteiger partial charge in [0, 0.05) is 35.8 Å². The quantitative estimate of drug-likeness (QED) is 0.795. The fraction of sp³-hybridized carbons (Fsp3) is 0.381. The maximum Gasteiger partial charge on any atom is 0.251 e. The van der Waals surface area contributed by atoms with E-state index in [2.05, 4.69) is 10.2 Å². The molecule has 7 heteroatoms. The molecular weight excluding hydrogens is 383 g/mol. The van der Waals surface area contributed by atoms with Gasteiger partial charge >= 0.3 is 0 Å². The standard InChI is InChI=1S/C21H24ClFN2O3/c1-14-13-25(10-11-28-14)19(20-17(22)4-3-5-18(20)23)12-24-21(26)15-6-8-16(27-2)9-7-15/h3-9,14,19H,10-13H2,1-2H3,(H,24,26)/t14-,19-/m0/s1. The average molecular weight is 407 g/mol. The molecule has 28 heavy (non-hydrogen) atoms. The van der Waals surface area contributed by atoms with Gasteiger partial charge in [-0.1, -0.05) is 17.7 Å². The molecule has 0 unspecified atom stereocenters. The van der Waals surface area contributed by atoms with Crippen LogP contribution in [0.15, 0.2) is 42.5 Å². The van der Waals surface area contributed by atoms with Crippen LogP contribution >= 0.6 is 11.6 Å². The SMILES string of the molecule is COc1ccc(C(=O)NC[C@@H](c2c(F)cccc2Cl)N2CCO[C@@H](C)C2)cc1. The van der Waals surface area contributed by atoms with Crippen molar-refractivity contribution >= 4 is 17.5 Å². The summed E-state index contributed by atoms with van der Waals surface area (Å²) in [6, 6.07) is 11.1. The third-order valence-corrected chi connectivity index (χ3v) is 5.18. The van der Waals surface area contributed by atoms with Crippen LogP contribution in [0.4, 0.5) is 4.39 Å². The molecule has 1 amide bonds. The number of methoxy groups -OCH3 is 1. The first-order valence-corrected chi connectivity index (χ1v) is 9.59. The number of rotatable bonds is 6. The van der Waals surface area contributed by atoms with Gasteiger partial charge in [0.05, 0.1) is 25.9 Å². The molecule has 0 radical (unpaired) electrons. The first-order chi connectivity index (χ1) is 13.5. The Kier molecular flexibility index (Phi) is 6.88. The van der Waals surface area contributed by atoms with E-state index >= 15 is 0 Å². The van der Waals surface area contributed by atoms with Crippen molar-refractivity contribution in [2.75, 3.05) is 33.4 Å². The van der Waals surface area contributed by atoms with Gasteiger partial charge in [0.25, 0.3) is 5.91 Å². The van der Waals surface area contributed by atoms with Crippen LogP contribution in [0.2, 0.25) is 5.02 Å². The third kappa shape index (κ3) is 4.82. The van der Waals surface area contributed by atoms with Crippen LogP contribution < -0.4 is 10.1 Å². The molecule has 0 aromatic heterocycles. The predicted molar refractivity (Wildman–Crippen MR) is 106 cm³/mol. The topological polar surface area (TPSA) is 50.8 Å². The Morgan fingerprint density at radius 1 is 1.36 bits per heavy atom. The molecule has 1 N–H and O–H groups in total. The number of nitrogens with zero attached hydrogens (tertiary/aromatic N) is 1. The molecule has 1 fully saturated rings. The van der Waals surface area contributed by atoms with Crippen molar-refractivity contribution in [1.29, 1.82) is 0 Å². The summed E-state index contributed by atoms with van der Waals surface area (Å²) in [7, 11) is 1.57. The van der Waals surface area contributed by atoms with Gasteiger partial charge < -0.3 is 14.8 Å². The van der Waals surface area contributed by atoms with E-state index in [0.717, 1.165) is 0 Å². The summed E-state index contributed by atoms with van der Waals surface area (Å²) in [6.45, 7) is 4.03. The highest BCUT2D eigenvalue weighted by molar-refractivity contribution is 6.31. The molecule has 1 aliphatic heterocycles. The summed E-state index contributed by atoms with van der Waals surface area (Å²) < 4.78 is 25.3. The van der Waals surface area contributed by atoms with Crippen molar-refractivity contribution in [2.45, 2.75) is 19.1 Å². The zero-order valence-electron chi connectivity index (χ0n) is 16.0. The van der Waals surface area contributed by atoms with Crippen LogP contribution in [0.25, 0.3) is 0 Å². The second-order valence-corrected chi connectivity index (χ2v) is 7.17. The lowest BCUT2D eigenvalue weighted by Crippen LogP contribution is -2.47. The first kappa shape index (κ1) is 20.6. The van der Waals surface area contributed by atoms with E-state index in [1.165, 1.54) is 6.07 Å². The minimum absolute atomic E-state index is 0.0269. The summed E-state index contributed by atoms with van der Waals surface area (Å²) in [4.78, 5) is 14.7. The van der Waals surface area contributed by atoms with Crippen LogP contribution in [-0.4, -0.2) is 50.3 Å². The van der Waals surface area contributed by atoms with Gasteiger partial charge in [0.2, 0.25) is 0 Å². The number of carbonyl (C=O) groups is 1. The van der Waals surface area contributed by atoms with Crippen LogP contribution in [0, 0.1) is 5.82 Å². The second-order valence-electron chi connectivity index (χ2n) is 6.77. The van der Waals surface area contributed by atoms with Crippen molar-refractivity contribution in [3.05, 3.63) is 64.4 Å². The fourth-order valence-corrected chi connectivity index (χ4v) is 3.69. The maximum absolute atomic E-state index is 14.6. The molecule has 0 aliphatic carbocycles. The lowest BCUT2D eigenvalue weighted by Gasteiger charge is -2.38. The zero-order valence-corrected chi connectivity index (χ0v) is 16.7. The summed E-state index contributed by atoms with van der Waals surface area (Å²) in [5, 5.41) is 3.26. The van der Waals surface area contributed by atoms with Crippen LogP contribution in [0.1, 0.15) is 28.9 Å². The van der Waals surface area contributed by atoms with Gasteiger partial charge in [-0.2, -0.15) is 0 Å². The normalized spacial score (nSPS) is 18.5. The highest BCUT2D eigenvalue weighted by Crippen LogP contribution is 2.31. The fourth-order valence-electron chi connectivity index (χ4n) is 3.41. The lowest BCUT2D eigenvalue weighted by atomic mass is 10.0. The highest BCUT2D eigenvalue weighted by Gasteiger charge is 2.29. The molecule has 1 saturated heterocycles. The summed E-state index contributed by atoms with van der Waals surface area (Å²) >= 11 is 6.32. The number of hydrogen-bond donors (Lipinski definition) is 1. The smallest absolute Gasteiger partial charge is 0.251 e. The molecule has 1 heterocycles. The average Bonchev–Trinajstić information content (AvgIpc) is 2.70. The van der Waals surface area contributed by atoms with E-state index < -0.39 is 0 Å². The molecule has 0 bridgehead atoms. The van der Waals surface area contributed by atoms with Gasteiger partial charge in [0.15, 0.2) is 0 Å². The zero-order chi connectivity index (χ0) is 20.1. The second kappa shape index (κ2) is 9.37. The Balaban J connectivity index is 1.79. The van der Waals surface area contributed by atoms with E-state index in [1.807, 2.05) is 6.92 Å². The Hall–Kier alpha value is -2.15. The number of benzene rings is 2. The van der Waals surface area contributed by atoms with Crippen LogP contribution in [-0.2, 0) is 4.74 Å². The molecule has 0 spiro atoms. The molecule has 2 atom stereocenters. The molecular formula is C21H24ClFN2O3. The van der Waals surface area contributed by atoms with Gasteiger partial charge in [-0.05, 0) is 43.3 Å². The summed E-state index contributed by atoms with van der Waals surface area (Å²) in [5.74, 6) is 0.0617. The van der Waals surface area contributed by atoms with Gasteiger partial charge in [-0.25, -0.2) is 4.39 Å². The third-order valence-electron chi connectivity index (χ3n) is 4.85. The molecule has 2 aromatic rings. The summed E-state index contributed by atoms with van der Waals surface area (Å²) in [6.07, 6.45) is 0.0269. The predicted octanol–water partition coefficient (Wildman–Crippen LogP) is 3.68. The van der Waals surface area contributed by atoms with Crippen molar-refractivity contribution in [3.63, 3.8) is 0 Å². The van der Waals surface area contributed by atoms with E-state index in [9.17, 15) is 9.18 Å². The molecule has 5 nitrogen and oxygen atoms in total.